The maximum atomic E-state index is 5.60. The molecule has 0 aromatic carbocycles. The topological polar surface area (TPSA) is 101 Å². The second-order valence-electron chi connectivity index (χ2n) is 9.86. The van der Waals surface area contributed by atoms with Gasteiger partial charge in [-0.05, 0) is 37.8 Å². The van der Waals surface area contributed by atoms with E-state index in [9.17, 15) is 0 Å². The van der Waals surface area contributed by atoms with E-state index in [1.165, 1.54) is 0 Å². The summed E-state index contributed by atoms with van der Waals surface area (Å²) in [5.74, 6) is 2.71. The molecule has 0 saturated carbocycles. The van der Waals surface area contributed by atoms with Crippen LogP contribution in [0.15, 0.2) is 36.7 Å². The number of nitrogens with zero attached hydrogens (tertiary/aromatic N) is 6. The van der Waals surface area contributed by atoms with Crippen LogP contribution in [0, 0.1) is 6.92 Å². The number of aryl methyl sites for hydroxylation is 1. The standard InChI is InChI=1S/C26H28N8OS/c1-15-3-2-6-27-24(15)25-30-20-11-22(29-13-21(20)36-25)32-23-10-19(16-4-7-35-8-5-16)31-26(33-23)34-14-17-9-18(34)12-28-17/h2-3,6,10-11,13,16-18,28H,4-5,7-9,12,14H2,1H3,(H,29,31,32,33)/t17-,18-/m0/s1. The van der Waals surface area contributed by atoms with Crippen LogP contribution < -0.4 is 15.5 Å². The molecule has 0 spiro atoms. The van der Waals surface area contributed by atoms with E-state index in [1.54, 1.807) is 11.3 Å². The van der Waals surface area contributed by atoms with Crippen LogP contribution in [0.5, 0.6) is 0 Å². The molecule has 184 valence electrons. The van der Waals surface area contributed by atoms with Gasteiger partial charge >= 0.3 is 0 Å². The molecule has 10 heteroatoms. The maximum absolute atomic E-state index is 5.60. The second-order valence-corrected chi connectivity index (χ2v) is 10.9. The van der Waals surface area contributed by atoms with Crippen LogP contribution in [0.3, 0.4) is 0 Å². The van der Waals surface area contributed by atoms with Gasteiger partial charge in [-0.25, -0.2) is 15.0 Å². The van der Waals surface area contributed by atoms with Crippen LogP contribution in [-0.2, 0) is 4.74 Å². The normalized spacial score (nSPS) is 22.0. The Hall–Kier alpha value is -3.21. The van der Waals surface area contributed by atoms with Gasteiger partial charge in [0.05, 0.1) is 15.9 Å². The number of ether oxygens (including phenoxy) is 1. The minimum Gasteiger partial charge on any atom is -0.381 e. The molecule has 4 aromatic rings. The molecule has 36 heavy (non-hydrogen) atoms. The summed E-state index contributed by atoms with van der Waals surface area (Å²) >= 11 is 1.61. The first kappa shape index (κ1) is 22.0. The molecular weight excluding hydrogens is 472 g/mol. The third kappa shape index (κ3) is 4.08. The highest BCUT2D eigenvalue weighted by molar-refractivity contribution is 7.21. The zero-order chi connectivity index (χ0) is 24.1. The fourth-order valence-electron chi connectivity index (χ4n) is 5.50. The van der Waals surface area contributed by atoms with Crippen LogP contribution in [0.2, 0.25) is 0 Å². The molecule has 4 aromatic heterocycles. The molecule has 0 aliphatic carbocycles. The van der Waals surface area contributed by atoms with Crippen molar-refractivity contribution in [3.63, 3.8) is 0 Å². The predicted molar refractivity (Wildman–Crippen MR) is 141 cm³/mol. The number of rotatable bonds is 5. The first-order chi connectivity index (χ1) is 17.7. The molecule has 0 amide bonds. The fraction of sp³-hybridized carbons (Fsp3) is 0.423. The van der Waals surface area contributed by atoms with Gasteiger partial charge in [-0.3, -0.25) is 4.98 Å². The van der Waals surface area contributed by atoms with Gasteiger partial charge < -0.3 is 20.3 Å². The van der Waals surface area contributed by atoms with Gasteiger partial charge in [-0.2, -0.15) is 4.98 Å². The molecule has 7 heterocycles. The first-order valence-corrected chi connectivity index (χ1v) is 13.4. The SMILES string of the molecule is Cc1cccnc1-c1nc2cc(Nc3cc(C4CCOCC4)nc(N4C[C@@H]5C[C@H]4CN5)n3)ncc2s1. The second kappa shape index (κ2) is 9.02. The zero-order valence-corrected chi connectivity index (χ0v) is 21.0. The summed E-state index contributed by atoms with van der Waals surface area (Å²) < 4.78 is 6.64. The van der Waals surface area contributed by atoms with Crippen molar-refractivity contribution < 1.29 is 4.74 Å². The Morgan fingerprint density at radius 1 is 1.11 bits per heavy atom. The number of aromatic nitrogens is 5. The van der Waals surface area contributed by atoms with Gasteiger partial charge in [-0.1, -0.05) is 6.07 Å². The summed E-state index contributed by atoms with van der Waals surface area (Å²) in [7, 11) is 0. The number of fused-ring (bicyclic) bond motifs is 3. The van der Waals surface area contributed by atoms with Gasteiger partial charge in [0, 0.05) is 68.8 Å². The lowest BCUT2D eigenvalue weighted by Crippen LogP contribution is -2.44. The van der Waals surface area contributed by atoms with E-state index in [2.05, 4.69) is 44.6 Å². The summed E-state index contributed by atoms with van der Waals surface area (Å²) in [4.78, 5) is 26.4. The lowest BCUT2D eigenvalue weighted by molar-refractivity contribution is 0.0845. The molecule has 7 rings (SSSR count). The molecule has 3 aliphatic heterocycles. The Kier molecular flexibility index (Phi) is 5.52. The number of pyridine rings is 2. The summed E-state index contributed by atoms with van der Waals surface area (Å²) in [6.45, 7) is 5.58. The highest BCUT2D eigenvalue weighted by atomic mass is 32.1. The van der Waals surface area contributed by atoms with Crippen molar-refractivity contribution in [1.82, 2.24) is 30.2 Å². The Morgan fingerprint density at radius 2 is 2.03 bits per heavy atom. The van der Waals surface area contributed by atoms with Crippen LogP contribution in [0.1, 0.15) is 36.4 Å². The fourth-order valence-corrected chi connectivity index (χ4v) is 6.48. The molecule has 3 fully saturated rings. The average Bonchev–Trinajstić information content (AvgIpc) is 3.65. The van der Waals surface area contributed by atoms with Gasteiger partial charge in [-0.15, -0.1) is 11.3 Å². The molecule has 3 saturated heterocycles. The average molecular weight is 501 g/mol. The number of hydrogen-bond acceptors (Lipinski definition) is 10. The van der Waals surface area contributed by atoms with Crippen LogP contribution in [0.4, 0.5) is 17.6 Å². The molecule has 0 radical (unpaired) electrons. The smallest absolute Gasteiger partial charge is 0.227 e. The molecule has 2 atom stereocenters. The Balaban J connectivity index is 1.21. The van der Waals surface area contributed by atoms with Gasteiger partial charge in [0.1, 0.15) is 22.3 Å². The van der Waals surface area contributed by atoms with E-state index in [1.807, 2.05) is 24.5 Å². The van der Waals surface area contributed by atoms with Crippen LogP contribution >= 0.6 is 11.3 Å². The van der Waals surface area contributed by atoms with Crippen molar-refractivity contribution in [2.45, 2.75) is 44.2 Å². The molecule has 0 unspecified atom stereocenters. The lowest BCUT2D eigenvalue weighted by Gasteiger charge is -2.29. The number of piperazine rings is 1. The van der Waals surface area contributed by atoms with E-state index in [0.29, 0.717) is 18.0 Å². The van der Waals surface area contributed by atoms with E-state index in [4.69, 9.17) is 19.7 Å². The van der Waals surface area contributed by atoms with Crippen LogP contribution in [-0.4, -0.2) is 63.3 Å². The van der Waals surface area contributed by atoms with Crippen molar-refractivity contribution in [1.29, 1.82) is 0 Å². The van der Waals surface area contributed by atoms with Crippen LogP contribution in [0.25, 0.3) is 20.9 Å². The number of thiazole rings is 1. The Labute approximate surface area is 213 Å². The van der Waals surface area contributed by atoms with E-state index in [0.717, 1.165) is 95.3 Å². The number of anilines is 3. The third-order valence-electron chi connectivity index (χ3n) is 7.43. The summed E-state index contributed by atoms with van der Waals surface area (Å²) in [6.07, 6.45) is 6.83. The Bertz CT molecular complexity index is 1420. The van der Waals surface area contributed by atoms with Gasteiger partial charge in [0.2, 0.25) is 5.95 Å². The minimum atomic E-state index is 0.386. The number of nitrogens with one attached hydrogen (secondary N) is 2. The van der Waals surface area contributed by atoms with E-state index in [-0.39, 0.29) is 0 Å². The highest BCUT2D eigenvalue weighted by Gasteiger charge is 2.39. The van der Waals surface area contributed by atoms with Crippen molar-refractivity contribution in [3.8, 4) is 10.7 Å². The monoisotopic (exact) mass is 500 g/mol. The molecule has 3 aliphatic rings. The van der Waals surface area contributed by atoms with Gasteiger partial charge in [0.15, 0.2) is 0 Å². The van der Waals surface area contributed by atoms with Crippen molar-refractivity contribution in [3.05, 3.63) is 47.9 Å². The summed E-state index contributed by atoms with van der Waals surface area (Å²) in [6, 6.07) is 9.08. The molecular formula is C26H28N8OS. The third-order valence-corrected chi connectivity index (χ3v) is 8.44. The van der Waals surface area contributed by atoms with E-state index < -0.39 is 0 Å². The quantitative estimate of drug-likeness (QED) is 0.420. The molecule has 9 nitrogen and oxygen atoms in total. The molecule has 2 bridgehead atoms. The van der Waals surface area contributed by atoms with Crippen molar-refractivity contribution in [2.24, 2.45) is 0 Å². The first-order valence-electron chi connectivity index (χ1n) is 12.6. The van der Waals surface area contributed by atoms with Gasteiger partial charge in [0.25, 0.3) is 0 Å². The molecule has 2 N–H and O–H groups in total. The lowest BCUT2D eigenvalue weighted by atomic mass is 9.96. The van der Waals surface area contributed by atoms with Crippen molar-refractivity contribution in [2.75, 3.05) is 36.5 Å². The summed E-state index contributed by atoms with van der Waals surface area (Å²) in [5.41, 5.74) is 4.02. The van der Waals surface area contributed by atoms with Crippen molar-refractivity contribution >= 4 is 39.1 Å². The largest absolute Gasteiger partial charge is 0.381 e. The Morgan fingerprint density at radius 3 is 2.83 bits per heavy atom. The minimum absolute atomic E-state index is 0.386. The summed E-state index contributed by atoms with van der Waals surface area (Å²) in [5, 5.41) is 7.94. The number of hydrogen-bond donors (Lipinski definition) is 2. The maximum Gasteiger partial charge on any atom is 0.227 e. The zero-order valence-electron chi connectivity index (χ0n) is 20.1. The predicted octanol–water partition coefficient (Wildman–Crippen LogP) is 4.04. The van der Waals surface area contributed by atoms with E-state index >= 15 is 0 Å². The highest BCUT2D eigenvalue weighted by Crippen LogP contribution is 2.34.